The second-order valence-electron chi connectivity index (χ2n) is 3.85. The molecule has 1 aromatic carbocycles. The van der Waals surface area contributed by atoms with Gasteiger partial charge >= 0.3 is 5.69 Å². The van der Waals surface area contributed by atoms with E-state index in [4.69, 9.17) is 9.47 Å². The van der Waals surface area contributed by atoms with Crippen LogP contribution in [0.4, 0.5) is 5.82 Å². The molecule has 0 aliphatic heterocycles. The minimum absolute atomic E-state index is 0.246. The fraction of sp³-hybridized carbons (Fsp3) is 0.231. The maximum absolute atomic E-state index is 11.0. The summed E-state index contributed by atoms with van der Waals surface area (Å²) in [6, 6.07) is 5.47. The number of benzene rings is 1. The van der Waals surface area contributed by atoms with E-state index in [-0.39, 0.29) is 5.82 Å². The van der Waals surface area contributed by atoms with Crippen molar-refractivity contribution in [2.75, 3.05) is 19.1 Å². The van der Waals surface area contributed by atoms with Crippen molar-refractivity contribution in [3.8, 4) is 11.5 Å². The molecule has 8 heteroatoms. The molecule has 0 saturated heterocycles. The first-order chi connectivity index (χ1) is 10.2. The van der Waals surface area contributed by atoms with Gasteiger partial charge in [-0.3, -0.25) is 5.43 Å². The van der Waals surface area contributed by atoms with Gasteiger partial charge < -0.3 is 9.47 Å². The molecule has 1 aromatic heterocycles. The third-order valence-corrected chi connectivity index (χ3v) is 2.47. The fourth-order valence-electron chi connectivity index (χ4n) is 1.63. The molecule has 0 saturated carbocycles. The molecular weight excluding hydrogens is 274 g/mol. The lowest BCUT2D eigenvalue weighted by molar-refractivity contribution is 0.310. The number of H-pyrrole nitrogens is 1. The van der Waals surface area contributed by atoms with Crippen LogP contribution in [0, 0.1) is 0 Å². The van der Waals surface area contributed by atoms with Crippen molar-refractivity contribution in [3.05, 3.63) is 40.4 Å². The summed E-state index contributed by atoms with van der Waals surface area (Å²) in [5.41, 5.74) is 2.81. The van der Waals surface area contributed by atoms with Crippen LogP contribution in [-0.4, -0.2) is 35.1 Å². The minimum Gasteiger partial charge on any atom is -0.493 e. The molecule has 0 aliphatic carbocycles. The summed E-state index contributed by atoms with van der Waals surface area (Å²) in [5.74, 6) is 1.47. The Labute approximate surface area is 120 Å². The fourth-order valence-corrected chi connectivity index (χ4v) is 1.63. The molecule has 0 fully saturated rings. The zero-order chi connectivity index (χ0) is 15.1. The quantitative estimate of drug-likeness (QED) is 0.608. The van der Waals surface area contributed by atoms with E-state index >= 15 is 0 Å². The zero-order valence-electron chi connectivity index (χ0n) is 11.7. The highest BCUT2D eigenvalue weighted by atomic mass is 16.5. The first-order valence-corrected chi connectivity index (χ1v) is 6.25. The zero-order valence-corrected chi connectivity index (χ0v) is 11.7. The van der Waals surface area contributed by atoms with E-state index in [0.29, 0.717) is 18.1 Å². The molecule has 2 N–H and O–H groups in total. The highest BCUT2D eigenvalue weighted by molar-refractivity contribution is 5.85. The van der Waals surface area contributed by atoms with Crippen LogP contribution < -0.4 is 20.6 Å². The molecule has 8 nitrogen and oxygen atoms in total. The number of nitrogens with zero attached hydrogens (tertiary/aromatic N) is 3. The number of methoxy groups -OCH3 is 1. The number of hydrazone groups is 1. The van der Waals surface area contributed by atoms with E-state index in [1.54, 1.807) is 19.4 Å². The van der Waals surface area contributed by atoms with Crippen LogP contribution in [0.3, 0.4) is 0 Å². The molecule has 0 amide bonds. The number of nitrogens with one attached hydrogen (secondary N) is 2. The van der Waals surface area contributed by atoms with Gasteiger partial charge in [-0.2, -0.15) is 15.2 Å². The lowest BCUT2D eigenvalue weighted by Crippen LogP contribution is -2.13. The Morgan fingerprint density at radius 1 is 1.48 bits per heavy atom. The average molecular weight is 289 g/mol. The second kappa shape index (κ2) is 7.04. The molecule has 0 atom stereocenters. The Kier molecular flexibility index (Phi) is 4.86. The van der Waals surface area contributed by atoms with Crippen molar-refractivity contribution in [1.29, 1.82) is 0 Å². The largest absolute Gasteiger partial charge is 0.493 e. The Balaban J connectivity index is 2.18. The van der Waals surface area contributed by atoms with Gasteiger partial charge in [-0.05, 0) is 19.1 Å². The molecule has 0 unspecified atom stereocenters. The van der Waals surface area contributed by atoms with Crippen LogP contribution in [0.15, 0.2) is 34.3 Å². The number of ether oxygens (including phenoxy) is 2. The van der Waals surface area contributed by atoms with Crippen molar-refractivity contribution in [2.45, 2.75) is 6.92 Å². The van der Waals surface area contributed by atoms with Crippen molar-refractivity contribution >= 4 is 12.0 Å². The van der Waals surface area contributed by atoms with Gasteiger partial charge in [0.25, 0.3) is 0 Å². The van der Waals surface area contributed by atoms with Gasteiger partial charge in [0, 0.05) is 5.56 Å². The van der Waals surface area contributed by atoms with Crippen LogP contribution >= 0.6 is 0 Å². The third-order valence-electron chi connectivity index (χ3n) is 2.47. The molecule has 0 spiro atoms. The summed E-state index contributed by atoms with van der Waals surface area (Å²) in [6.07, 6.45) is 2.91. The van der Waals surface area contributed by atoms with Crippen molar-refractivity contribution in [2.24, 2.45) is 5.10 Å². The van der Waals surface area contributed by atoms with Gasteiger partial charge in [0.15, 0.2) is 17.3 Å². The van der Waals surface area contributed by atoms with Crippen LogP contribution in [-0.2, 0) is 0 Å². The van der Waals surface area contributed by atoms with Gasteiger partial charge in [0.05, 0.1) is 26.1 Å². The summed E-state index contributed by atoms with van der Waals surface area (Å²) < 4.78 is 10.8. The van der Waals surface area contributed by atoms with Crippen molar-refractivity contribution < 1.29 is 9.47 Å². The van der Waals surface area contributed by atoms with E-state index < -0.39 is 5.69 Å². The predicted octanol–water partition coefficient (Wildman–Crippen LogP) is 1.02. The van der Waals surface area contributed by atoms with Gasteiger partial charge in [0.2, 0.25) is 0 Å². The van der Waals surface area contributed by atoms with Gasteiger partial charge in [-0.1, -0.05) is 6.07 Å². The van der Waals surface area contributed by atoms with Crippen LogP contribution in [0.2, 0.25) is 0 Å². The molecule has 0 bridgehead atoms. The first-order valence-electron chi connectivity index (χ1n) is 6.25. The van der Waals surface area contributed by atoms with Crippen molar-refractivity contribution in [1.82, 2.24) is 15.2 Å². The highest BCUT2D eigenvalue weighted by Crippen LogP contribution is 2.29. The number of aromatic amines is 1. The molecular formula is C13H15N5O3. The summed E-state index contributed by atoms with van der Waals surface area (Å²) in [5, 5.41) is 9.78. The summed E-state index contributed by atoms with van der Waals surface area (Å²) >= 11 is 0. The van der Waals surface area contributed by atoms with Crippen molar-refractivity contribution in [3.63, 3.8) is 0 Å². The highest BCUT2D eigenvalue weighted by Gasteiger charge is 2.08. The lowest BCUT2D eigenvalue weighted by Gasteiger charge is -2.11. The van der Waals surface area contributed by atoms with Gasteiger partial charge in [0.1, 0.15) is 0 Å². The van der Waals surface area contributed by atoms with E-state index in [1.807, 2.05) is 19.1 Å². The molecule has 2 aromatic rings. The normalized spacial score (nSPS) is 10.6. The molecule has 0 radical (unpaired) electrons. The molecule has 0 aliphatic rings. The Hall–Kier alpha value is -2.90. The van der Waals surface area contributed by atoms with E-state index in [0.717, 1.165) is 5.56 Å². The summed E-state index contributed by atoms with van der Waals surface area (Å²) in [6.45, 7) is 2.39. The van der Waals surface area contributed by atoms with Crippen LogP contribution in [0.5, 0.6) is 11.5 Å². The number of hydrogen-bond donors (Lipinski definition) is 2. The average Bonchev–Trinajstić information content (AvgIpc) is 2.49. The standard InChI is InChI=1S/C13H15N5O3/c1-3-21-12-9(5-4-6-10(12)20-2)7-14-17-11-8-15-18-13(19)16-11/h4-8H,3H2,1-2H3,(H2,16,17,18,19)/b14-7+. The predicted molar refractivity (Wildman–Crippen MR) is 78.0 cm³/mol. The number of hydrogen-bond acceptors (Lipinski definition) is 7. The number of rotatable bonds is 6. The van der Waals surface area contributed by atoms with Gasteiger partial charge in [-0.25, -0.2) is 9.89 Å². The Morgan fingerprint density at radius 3 is 3.05 bits per heavy atom. The maximum Gasteiger partial charge on any atom is 0.363 e. The number of anilines is 1. The Morgan fingerprint density at radius 2 is 2.33 bits per heavy atom. The Bertz CT molecular complexity index is 684. The number of para-hydroxylation sites is 1. The van der Waals surface area contributed by atoms with E-state index in [1.165, 1.54) is 6.20 Å². The van der Waals surface area contributed by atoms with Crippen LogP contribution in [0.25, 0.3) is 0 Å². The second-order valence-corrected chi connectivity index (χ2v) is 3.85. The van der Waals surface area contributed by atoms with E-state index in [9.17, 15) is 4.79 Å². The maximum atomic E-state index is 11.0. The van der Waals surface area contributed by atoms with Crippen LogP contribution in [0.1, 0.15) is 12.5 Å². The summed E-state index contributed by atoms with van der Waals surface area (Å²) in [4.78, 5) is 14.6. The smallest absolute Gasteiger partial charge is 0.363 e. The first kappa shape index (κ1) is 14.5. The molecule has 110 valence electrons. The van der Waals surface area contributed by atoms with E-state index in [2.05, 4.69) is 25.7 Å². The third kappa shape index (κ3) is 3.78. The monoisotopic (exact) mass is 289 g/mol. The summed E-state index contributed by atoms with van der Waals surface area (Å²) in [7, 11) is 1.57. The molecule has 2 rings (SSSR count). The molecule has 1 heterocycles. The van der Waals surface area contributed by atoms with Gasteiger partial charge in [-0.15, -0.1) is 0 Å². The number of aromatic nitrogens is 3. The topological polar surface area (TPSA) is 101 Å². The SMILES string of the molecule is CCOc1c(/C=N/Nc2cn[nH]c(=O)n2)cccc1OC. The minimum atomic E-state index is -0.549. The lowest BCUT2D eigenvalue weighted by atomic mass is 10.2. The molecule has 21 heavy (non-hydrogen) atoms.